The number of hydrogen-bond acceptors (Lipinski definition) is 4. The Kier molecular flexibility index (Phi) is 2.63. The highest BCUT2D eigenvalue weighted by atomic mass is 32.2. The molecule has 5 heteroatoms. The molecule has 2 aliphatic heterocycles. The number of benzene rings is 1. The molecule has 102 valence electrons. The van der Waals surface area contributed by atoms with Gasteiger partial charge in [0.1, 0.15) is 11.1 Å². The molecule has 4 nitrogen and oxygen atoms in total. The number of fused-ring (bicyclic) bond motifs is 3. The predicted octanol–water partition coefficient (Wildman–Crippen LogP) is 2.12. The summed E-state index contributed by atoms with van der Waals surface area (Å²) in [6.45, 7) is 0.750. The maximum Gasteiger partial charge on any atom is 0.349 e. The quantitative estimate of drug-likeness (QED) is 0.754. The predicted molar refractivity (Wildman–Crippen MR) is 78.2 cm³/mol. The molecule has 2 saturated heterocycles. The Morgan fingerprint density at radius 2 is 2.20 bits per heavy atom. The fourth-order valence-corrected chi connectivity index (χ4v) is 4.45. The summed E-state index contributed by atoms with van der Waals surface area (Å²) in [4.78, 5) is 26.4. The fourth-order valence-electron chi connectivity index (χ4n) is 3.01. The van der Waals surface area contributed by atoms with Crippen LogP contribution in [0.25, 0.3) is 11.0 Å². The summed E-state index contributed by atoms with van der Waals surface area (Å²) in [6.07, 6.45) is 1.05. The molecule has 1 amide bonds. The van der Waals surface area contributed by atoms with Gasteiger partial charge in [-0.1, -0.05) is 18.2 Å². The Balaban J connectivity index is 1.76. The summed E-state index contributed by atoms with van der Waals surface area (Å²) in [5.41, 5.74) is 0.137. The third-order valence-corrected chi connectivity index (χ3v) is 5.42. The number of hydrogen-bond donors (Lipinski definition) is 0. The first-order valence-corrected chi connectivity index (χ1v) is 7.73. The van der Waals surface area contributed by atoms with Gasteiger partial charge in [-0.25, -0.2) is 4.79 Å². The van der Waals surface area contributed by atoms with Gasteiger partial charge >= 0.3 is 5.63 Å². The van der Waals surface area contributed by atoms with Crippen LogP contribution in [-0.2, 0) is 0 Å². The van der Waals surface area contributed by atoms with Crippen molar-refractivity contribution in [3.05, 3.63) is 46.3 Å². The Labute approximate surface area is 119 Å². The molecule has 1 aromatic carbocycles. The molecular formula is C15H13NO3S. The lowest BCUT2D eigenvalue weighted by atomic mass is 10.1. The van der Waals surface area contributed by atoms with Crippen LogP contribution in [0, 0.1) is 0 Å². The molecule has 2 aromatic rings. The largest absolute Gasteiger partial charge is 0.422 e. The second-order valence-corrected chi connectivity index (χ2v) is 6.62. The topological polar surface area (TPSA) is 50.5 Å². The van der Waals surface area contributed by atoms with E-state index in [4.69, 9.17) is 4.42 Å². The lowest BCUT2D eigenvalue weighted by molar-refractivity contribution is 0.0743. The summed E-state index contributed by atoms with van der Waals surface area (Å²) >= 11 is 1.92. The summed E-state index contributed by atoms with van der Waals surface area (Å²) in [6, 6.07) is 9.20. The van der Waals surface area contributed by atoms with Crippen molar-refractivity contribution in [3.63, 3.8) is 0 Å². The molecule has 0 radical (unpaired) electrons. The average molecular weight is 287 g/mol. The molecule has 2 aliphatic rings. The van der Waals surface area contributed by atoms with E-state index in [1.807, 2.05) is 34.9 Å². The zero-order chi connectivity index (χ0) is 13.7. The molecule has 3 heterocycles. The minimum absolute atomic E-state index is 0.154. The maximum atomic E-state index is 12.6. The first-order chi connectivity index (χ1) is 9.72. The molecule has 0 aliphatic carbocycles. The van der Waals surface area contributed by atoms with E-state index < -0.39 is 5.63 Å². The average Bonchev–Trinajstić information content (AvgIpc) is 3.08. The maximum absolute atomic E-state index is 12.6. The van der Waals surface area contributed by atoms with E-state index in [-0.39, 0.29) is 17.5 Å². The van der Waals surface area contributed by atoms with Crippen LogP contribution in [0.1, 0.15) is 16.8 Å². The van der Waals surface area contributed by atoms with Crippen molar-refractivity contribution >= 4 is 28.6 Å². The van der Waals surface area contributed by atoms with Gasteiger partial charge in [0.2, 0.25) is 0 Å². The Morgan fingerprint density at radius 1 is 1.35 bits per heavy atom. The van der Waals surface area contributed by atoms with Crippen molar-refractivity contribution in [1.82, 2.24) is 4.90 Å². The summed E-state index contributed by atoms with van der Waals surface area (Å²) in [5, 5.41) is 1.32. The van der Waals surface area contributed by atoms with E-state index >= 15 is 0 Å². The number of likely N-dealkylation sites (tertiary alicyclic amines) is 1. The second kappa shape index (κ2) is 4.38. The summed E-state index contributed by atoms with van der Waals surface area (Å²) < 4.78 is 5.25. The van der Waals surface area contributed by atoms with Crippen LogP contribution >= 0.6 is 11.8 Å². The monoisotopic (exact) mass is 287 g/mol. The van der Waals surface area contributed by atoms with Crippen LogP contribution in [0.2, 0.25) is 0 Å². The molecular weight excluding hydrogens is 274 g/mol. The highest BCUT2D eigenvalue weighted by molar-refractivity contribution is 8.00. The first-order valence-electron chi connectivity index (χ1n) is 6.68. The van der Waals surface area contributed by atoms with Gasteiger partial charge in [0.25, 0.3) is 5.91 Å². The molecule has 2 atom stereocenters. The van der Waals surface area contributed by atoms with Crippen molar-refractivity contribution in [1.29, 1.82) is 0 Å². The van der Waals surface area contributed by atoms with Gasteiger partial charge in [0.05, 0.1) is 0 Å². The Bertz CT molecular complexity index is 754. The second-order valence-electron chi connectivity index (χ2n) is 5.29. The third-order valence-electron chi connectivity index (χ3n) is 4.03. The zero-order valence-corrected chi connectivity index (χ0v) is 11.6. The smallest absolute Gasteiger partial charge is 0.349 e. The van der Waals surface area contributed by atoms with E-state index in [9.17, 15) is 9.59 Å². The van der Waals surface area contributed by atoms with Gasteiger partial charge in [-0.05, 0) is 18.6 Å². The molecule has 2 unspecified atom stereocenters. The molecule has 1 aromatic heterocycles. The van der Waals surface area contributed by atoms with Gasteiger partial charge in [0.15, 0.2) is 0 Å². The van der Waals surface area contributed by atoms with E-state index in [1.54, 1.807) is 12.1 Å². The van der Waals surface area contributed by atoms with Gasteiger partial charge < -0.3 is 9.32 Å². The molecule has 20 heavy (non-hydrogen) atoms. The lowest BCUT2D eigenvalue weighted by Crippen LogP contribution is -2.40. The standard InChI is InChI=1S/C15H13NO3S/c17-14(16-7-11-6-10(16)8-20-11)12-5-9-3-1-2-4-13(9)19-15(12)18/h1-5,10-11H,6-8H2. The van der Waals surface area contributed by atoms with Gasteiger partial charge in [0, 0.05) is 29.0 Å². The highest BCUT2D eigenvalue weighted by Gasteiger charge is 2.41. The number of amides is 1. The number of thioether (sulfide) groups is 1. The van der Waals surface area contributed by atoms with Crippen LogP contribution in [0.4, 0.5) is 0 Å². The first kappa shape index (κ1) is 12.0. The molecule has 0 saturated carbocycles. The van der Waals surface area contributed by atoms with Gasteiger partial charge in [-0.2, -0.15) is 11.8 Å². The number of para-hydroxylation sites is 1. The van der Waals surface area contributed by atoms with Crippen LogP contribution in [0.5, 0.6) is 0 Å². The van der Waals surface area contributed by atoms with E-state index in [2.05, 4.69) is 0 Å². The van der Waals surface area contributed by atoms with Crippen molar-refractivity contribution in [2.45, 2.75) is 17.7 Å². The van der Waals surface area contributed by atoms with Gasteiger partial charge in [-0.3, -0.25) is 4.79 Å². The van der Waals surface area contributed by atoms with Crippen molar-refractivity contribution in [2.75, 3.05) is 12.3 Å². The minimum Gasteiger partial charge on any atom is -0.422 e. The minimum atomic E-state index is -0.538. The molecule has 2 bridgehead atoms. The molecule has 0 N–H and O–H groups in total. The third kappa shape index (κ3) is 1.77. The number of carbonyl (C=O) groups is 1. The summed E-state index contributed by atoms with van der Waals surface area (Å²) in [7, 11) is 0. The van der Waals surface area contributed by atoms with E-state index in [0.29, 0.717) is 10.8 Å². The van der Waals surface area contributed by atoms with Crippen LogP contribution in [0.15, 0.2) is 39.5 Å². The Hall–Kier alpha value is -1.75. The van der Waals surface area contributed by atoms with Gasteiger partial charge in [-0.15, -0.1) is 0 Å². The van der Waals surface area contributed by atoms with E-state index in [1.165, 1.54) is 0 Å². The molecule has 4 rings (SSSR count). The van der Waals surface area contributed by atoms with Crippen molar-refractivity contribution < 1.29 is 9.21 Å². The zero-order valence-electron chi connectivity index (χ0n) is 10.7. The number of carbonyl (C=O) groups excluding carboxylic acids is 1. The van der Waals surface area contributed by atoms with Crippen molar-refractivity contribution in [2.24, 2.45) is 0 Å². The molecule has 2 fully saturated rings. The normalized spacial score (nSPS) is 24.5. The van der Waals surface area contributed by atoms with Crippen LogP contribution < -0.4 is 5.63 Å². The molecule has 0 spiro atoms. The number of nitrogens with zero attached hydrogens (tertiary/aromatic N) is 1. The summed E-state index contributed by atoms with van der Waals surface area (Å²) in [5.74, 6) is 0.798. The lowest BCUT2D eigenvalue weighted by Gasteiger charge is -2.26. The van der Waals surface area contributed by atoms with Crippen LogP contribution in [-0.4, -0.2) is 34.4 Å². The number of rotatable bonds is 1. The van der Waals surface area contributed by atoms with Crippen LogP contribution in [0.3, 0.4) is 0 Å². The Morgan fingerprint density at radius 3 is 2.95 bits per heavy atom. The SMILES string of the molecule is O=C(c1cc2ccccc2oc1=O)N1CC2CC1CS2. The fraction of sp³-hybridized carbons (Fsp3) is 0.333. The van der Waals surface area contributed by atoms with Crippen molar-refractivity contribution in [3.8, 4) is 0 Å². The highest BCUT2D eigenvalue weighted by Crippen LogP contribution is 2.37. The van der Waals surface area contributed by atoms with E-state index in [0.717, 1.165) is 24.1 Å².